The smallest absolute Gasteiger partial charge is 0.210 e. The minimum absolute atomic E-state index is 0.401. The van der Waals surface area contributed by atoms with Gasteiger partial charge in [-0.15, -0.1) is 0 Å². The normalized spacial score (nSPS) is 15.3. The number of benzene rings is 2. The van der Waals surface area contributed by atoms with Gasteiger partial charge in [-0.2, -0.15) is 0 Å². The fraction of sp³-hybridized carbons (Fsp3) is 0.333. The Kier molecular flexibility index (Phi) is 4.41. The van der Waals surface area contributed by atoms with Crippen LogP contribution in [-0.4, -0.2) is 39.5 Å². The van der Waals surface area contributed by atoms with E-state index in [0.29, 0.717) is 9.79 Å². The second-order valence-electron chi connectivity index (χ2n) is 5.62. The van der Waals surface area contributed by atoms with Crippen molar-refractivity contribution < 1.29 is 8.42 Å². The summed E-state index contributed by atoms with van der Waals surface area (Å²) in [4.78, 5) is 5.27. The van der Waals surface area contributed by atoms with E-state index in [0.717, 1.165) is 37.6 Å². The number of para-hydroxylation sites is 2. The Hall–Kier alpha value is -1.85. The molecule has 4 nitrogen and oxygen atoms in total. The maximum atomic E-state index is 12.9. The number of rotatable bonds is 5. The number of sulfone groups is 1. The number of nitrogens with zero attached hydrogens (tertiary/aromatic N) is 2. The highest BCUT2D eigenvalue weighted by atomic mass is 32.2. The van der Waals surface area contributed by atoms with E-state index in [-0.39, 0.29) is 0 Å². The highest BCUT2D eigenvalue weighted by Gasteiger charge is 2.33. The summed E-state index contributed by atoms with van der Waals surface area (Å²) in [5.74, 6) is 0. The van der Waals surface area contributed by atoms with Crippen LogP contribution in [0, 0.1) is 0 Å². The second kappa shape index (κ2) is 6.34. The number of likely N-dealkylation sites (N-methyl/N-ethyl adjacent to an activating group) is 1. The molecule has 0 unspecified atom stereocenters. The molecule has 0 fully saturated rings. The van der Waals surface area contributed by atoms with Crippen molar-refractivity contribution in [3.05, 3.63) is 48.5 Å². The maximum absolute atomic E-state index is 12.9. The van der Waals surface area contributed by atoms with E-state index in [9.17, 15) is 8.42 Å². The third kappa shape index (κ3) is 2.75. The van der Waals surface area contributed by atoms with Gasteiger partial charge in [-0.05, 0) is 37.4 Å². The van der Waals surface area contributed by atoms with Crippen LogP contribution >= 0.6 is 0 Å². The summed E-state index contributed by atoms with van der Waals surface area (Å²) < 4.78 is 25.7. The van der Waals surface area contributed by atoms with Gasteiger partial charge in [0.05, 0.1) is 21.2 Å². The van der Waals surface area contributed by atoms with Crippen LogP contribution in [0.4, 0.5) is 11.4 Å². The number of hydrogen-bond acceptors (Lipinski definition) is 4. The molecule has 0 N–H and O–H groups in total. The molecule has 5 heteroatoms. The van der Waals surface area contributed by atoms with E-state index in [1.807, 2.05) is 24.3 Å². The predicted molar refractivity (Wildman–Crippen MR) is 93.1 cm³/mol. The van der Waals surface area contributed by atoms with Gasteiger partial charge in [-0.3, -0.25) is 0 Å². The van der Waals surface area contributed by atoms with Crippen molar-refractivity contribution in [2.75, 3.05) is 31.1 Å². The summed E-state index contributed by atoms with van der Waals surface area (Å²) >= 11 is 0. The average Bonchev–Trinajstić information content (AvgIpc) is 2.58. The van der Waals surface area contributed by atoms with Crippen LogP contribution in [0.1, 0.15) is 13.8 Å². The van der Waals surface area contributed by atoms with Crippen LogP contribution in [0.25, 0.3) is 0 Å². The second-order valence-corrected chi connectivity index (χ2v) is 7.50. The van der Waals surface area contributed by atoms with Crippen molar-refractivity contribution in [1.82, 2.24) is 4.90 Å². The molecule has 0 atom stereocenters. The zero-order chi connectivity index (χ0) is 16.4. The zero-order valence-corrected chi connectivity index (χ0v) is 14.4. The molecule has 0 saturated heterocycles. The Morgan fingerprint density at radius 3 is 1.83 bits per heavy atom. The molecule has 0 radical (unpaired) electrons. The lowest BCUT2D eigenvalue weighted by Crippen LogP contribution is -2.35. The fourth-order valence-electron chi connectivity index (χ4n) is 3.09. The minimum atomic E-state index is -3.44. The van der Waals surface area contributed by atoms with Gasteiger partial charge in [0.15, 0.2) is 0 Å². The zero-order valence-electron chi connectivity index (χ0n) is 13.6. The Bertz CT molecular complexity index is 745. The minimum Gasteiger partial charge on any atom is -0.338 e. The van der Waals surface area contributed by atoms with Crippen LogP contribution in [0.5, 0.6) is 0 Å². The average molecular weight is 330 g/mol. The SMILES string of the molecule is CCN(CC)CCN1c2ccccc2S(=O)(=O)c2ccccc21. The quantitative estimate of drug-likeness (QED) is 0.843. The first-order valence-electron chi connectivity index (χ1n) is 8.02. The largest absolute Gasteiger partial charge is 0.338 e. The highest BCUT2D eigenvalue weighted by molar-refractivity contribution is 7.92. The topological polar surface area (TPSA) is 40.6 Å². The standard InChI is InChI=1S/C18H22N2O2S/c1-3-19(4-2)13-14-20-15-9-5-7-11-17(15)23(21,22)18-12-8-6-10-16(18)20/h5-12H,3-4,13-14H2,1-2H3. The molecule has 1 aliphatic heterocycles. The number of anilines is 2. The number of hydrogen-bond donors (Lipinski definition) is 0. The summed E-state index contributed by atoms with van der Waals surface area (Å²) in [5.41, 5.74) is 1.55. The molecule has 0 saturated carbocycles. The Labute approximate surface area is 138 Å². The van der Waals surface area contributed by atoms with E-state index in [1.165, 1.54) is 0 Å². The van der Waals surface area contributed by atoms with Crippen molar-refractivity contribution in [3.8, 4) is 0 Å². The lowest BCUT2D eigenvalue weighted by Gasteiger charge is -2.34. The summed E-state index contributed by atoms with van der Waals surface area (Å²) in [6.07, 6.45) is 0. The monoisotopic (exact) mass is 330 g/mol. The van der Waals surface area contributed by atoms with Gasteiger partial charge in [-0.1, -0.05) is 38.1 Å². The van der Waals surface area contributed by atoms with Crippen LogP contribution in [0.3, 0.4) is 0 Å². The molecule has 122 valence electrons. The Morgan fingerprint density at radius 2 is 1.35 bits per heavy atom. The summed E-state index contributed by atoms with van der Waals surface area (Å²) in [7, 11) is -3.44. The van der Waals surface area contributed by atoms with Crippen LogP contribution in [0.2, 0.25) is 0 Å². The van der Waals surface area contributed by atoms with Gasteiger partial charge < -0.3 is 9.80 Å². The van der Waals surface area contributed by atoms with Gasteiger partial charge in [0.2, 0.25) is 9.84 Å². The van der Waals surface area contributed by atoms with E-state index in [4.69, 9.17) is 0 Å². The predicted octanol–water partition coefficient (Wildman–Crippen LogP) is 3.31. The first kappa shape index (κ1) is 16.0. The third-order valence-electron chi connectivity index (χ3n) is 4.43. The molecule has 0 amide bonds. The van der Waals surface area contributed by atoms with Crippen molar-refractivity contribution in [3.63, 3.8) is 0 Å². The van der Waals surface area contributed by atoms with Crippen molar-refractivity contribution in [2.24, 2.45) is 0 Å². The van der Waals surface area contributed by atoms with E-state index in [1.54, 1.807) is 24.3 Å². The van der Waals surface area contributed by atoms with Gasteiger partial charge >= 0.3 is 0 Å². The third-order valence-corrected chi connectivity index (χ3v) is 6.27. The van der Waals surface area contributed by atoms with Gasteiger partial charge in [0.1, 0.15) is 0 Å². The van der Waals surface area contributed by atoms with Crippen molar-refractivity contribution in [1.29, 1.82) is 0 Å². The lowest BCUT2D eigenvalue weighted by atomic mass is 10.2. The van der Waals surface area contributed by atoms with Crippen LogP contribution < -0.4 is 4.90 Å². The summed E-state index contributed by atoms with van der Waals surface area (Å²) in [6, 6.07) is 14.5. The van der Waals surface area contributed by atoms with Crippen LogP contribution in [0.15, 0.2) is 58.3 Å². The van der Waals surface area contributed by atoms with E-state index >= 15 is 0 Å². The van der Waals surface area contributed by atoms with E-state index in [2.05, 4.69) is 23.6 Å². The maximum Gasteiger partial charge on any atom is 0.210 e. The number of fused-ring (bicyclic) bond motifs is 2. The molecular weight excluding hydrogens is 308 g/mol. The van der Waals surface area contributed by atoms with Crippen molar-refractivity contribution >= 4 is 21.2 Å². The molecule has 0 aliphatic carbocycles. The van der Waals surface area contributed by atoms with Gasteiger partial charge in [-0.25, -0.2) is 8.42 Å². The first-order chi connectivity index (χ1) is 11.1. The molecule has 1 aliphatic rings. The Balaban J connectivity index is 2.07. The first-order valence-corrected chi connectivity index (χ1v) is 9.51. The molecule has 0 spiro atoms. The van der Waals surface area contributed by atoms with Gasteiger partial charge in [0.25, 0.3) is 0 Å². The highest BCUT2D eigenvalue weighted by Crippen LogP contribution is 2.43. The lowest BCUT2D eigenvalue weighted by molar-refractivity contribution is 0.312. The molecule has 2 aromatic rings. The van der Waals surface area contributed by atoms with Crippen molar-refractivity contribution in [2.45, 2.75) is 23.6 Å². The molecule has 1 heterocycles. The molecule has 2 aromatic carbocycles. The summed E-state index contributed by atoms with van der Waals surface area (Å²) in [6.45, 7) is 7.94. The van der Waals surface area contributed by atoms with Gasteiger partial charge in [0, 0.05) is 13.1 Å². The molecule has 3 rings (SSSR count). The summed E-state index contributed by atoms with van der Waals surface area (Å²) in [5, 5.41) is 0. The molecule has 0 bridgehead atoms. The Morgan fingerprint density at radius 1 is 0.870 bits per heavy atom. The fourth-order valence-corrected chi connectivity index (χ4v) is 4.74. The molecule has 23 heavy (non-hydrogen) atoms. The van der Waals surface area contributed by atoms with E-state index < -0.39 is 9.84 Å². The molecule has 0 aromatic heterocycles. The van der Waals surface area contributed by atoms with Crippen LogP contribution in [-0.2, 0) is 9.84 Å². The molecular formula is C18H22N2O2S.